The van der Waals surface area contributed by atoms with Crippen LogP contribution in [0.2, 0.25) is 0 Å². The van der Waals surface area contributed by atoms with Gasteiger partial charge in [0, 0.05) is 18.2 Å². The summed E-state index contributed by atoms with van der Waals surface area (Å²) in [4.78, 5) is 19.7. The second-order valence-corrected chi connectivity index (χ2v) is 3.71. The summed E-state index contributed by atoms with van der Waals surface area (Å²) in [5, 5.41) is 0. The first-order valence-corrected chi connectivity index (χ1v) is 5.14. The van der Waals surface area contributed by atoms with Gasteiger partial charge < -0.3 is 5.73 Å². The van der Waals surface area contributed by atoms with E-state index in [1.807, 2.05) is 26.8 Å². The molecule has 0 saturated carbocycles. The maximum absolute atomic E-state index is 11.3. The third kappa shape index (κ3) is 3.40. The molecule has 0 aliphatic heterocycles. The highest BCUT2D eigenvalue weighted by molar-refractivity contribution is 5.79. The Labute approximate surface area is 89.9 Å². The fraction of sp³-hybridized carbons (Fsp3) is 0.545. The molecule has 0 aliphatic rings. The summed E-state index contributed by atoms with van der Waals surface area (Å²) in [7, 11) is 0. The van der Waals surface area contributed by atoms with Gasteiger partial charge in [-0.1, -0.05) is 6.92 Å². The predicted octanol–water partition coefficient (Wildman–Crippen LogP) is 1.33. The summed E-state index contributed by atoms with van der Waals surface area (Å²) in [6.07, 6.45) is 0.822. The van der Waals surface area contributed by atoms with Crippen LogP contribution in [0.25, 0.3) is 0 Å². The zero-order chi connectivity index (χ0) is 11.4. The van der Waals surface area contributed by atoms with Gasteiger partial charge in [-0.3, -0.25) is 4.79 Å². The minimum Gasteiger partial charge on any atom is -0.323 e. The van der Waals surface area contributed by atoms with Crippen molar-refractivity contribution < 1.29 is 4.79 Å². The molecule has 0 amide bonds. The van der Waals surface area contributed by atoms with E-state index in [2.05, 4.69) is 9.97 Å². The van der Waals surface area contributed by atoms with Gasteiger partial charge >= 0.3 is 0 Å². The van der Waals surface area contributed by atoms with Crippen molar-refractivity contribution in [2.45, 2.75) is 39.7 Å². The van der Waals surface area contributed by atoms with Crippen molar-refractivity contribution in [2.24, 2.45) is 5.73 Å². The van der Waals surface area contributed by atoms with E-state index in [1.165, 1.54) is 0 Å². The van der Waals surface area contributed by atoms with Crippen molar-refractivity contribution in [3.8, 4) is 0 Å². The molecule has 0 spiro atoms. The Morgan fingerprint density at radius 3 is 2.73 bits per heavy atom. The third-order valence-corrected chi connectivity index (χ3v) is 2.14. The van der Waals surface area contributed by atoms with Gasteiger partial charge in [-0.05, 0) is 19.9 Å². The summed E-state index contributed by atoms with van der Waals surface area (Å²) < 4.78 is 0. The van der Waals surface area contributed by atoms with E-state index in [-0.39, 0.29) is 11.8 Å². The van der Waals surface area contributed by atoms with Crippen LogP contribution in [0.5, 0.6) is 0 Å². The lowest BCUT2D eigenvalue weighted by atomic mass is 10.2. The van der Waals surface area contributed by atoms with Crippen LogP contribution >= 0.6 is 0 Å². The van der Waals surface area contributed by atoms with Gasteiger partial charge in [0.25, 0.3) is 0 Å². The molecule has 4 nitrogen and oxygen atoms in total. The zero-order valence-electron chi connectivity index (χ0n) is 9.45. The van der Waals surface area contributed by atoms with Gasteiger partial charge in [0.1, 0.15) is 11.6 Å². The number of hydrogen-bond donors (Lipinski definition) is 1. The first-order valence-electron chi connectivity index (χ1n) is 5.14. The number of nitrogens with two attached hydrogens (primary N) is 1. The first-order chi connectivity index (χ1) is 7.02. The fourth-order valence-corrected chi connectivity index (χ4v) is 1.27. The normalized spacial score (nSPS) is 12.5. The van der Waals surface area contributed by atoms with Crippen LogP contribution in [0, 0.1) is 6.92 Å². The van der Waals surface area contributed by atoms with E-state index in [9.17, 15) is 4.79 Å². The van der Waals surface area contributed by atoms with Gasteiger partial charge in [-0.25, -0.2) is 9.97 Å². The second kappa shape index (κ2) is 4.98. The lowest BCUT2D eigenvalue weighted by Crippen LogP contribution is -2.13. The van der Waals surface area contributed by atoms with E-state index in [4.69, 9.17) is 5.73 Å². The van der Waals surface area contributed by atoms with Crippen LogP contribution in [0.1, 0.15) is 43.5 Å². The number of Topliss-reactive ketones (excluding diaryl/α,β-unsaturated/α-hetero) is 1. The first kappa shape index (κ1) is 11.8. The standard InChI is InChI=1S/C11H17N3O/c1-4-9(15)6-11-13-7(2)5-10(14-11)8(3)12/h5,8H,4,6,12H2,1-3H3. The molecule has 0 fully saturated rings. The highest BCUT2D eigenvalue weighted by Crippen LogP contribution is 2.08. The van der Waals surface area contributed by atoms with Crippen molar-refractivity contribution in [3.63, 3.8) is 0 Å². The van der Waals surface area contributed by atoms with E-state index < -0.39 is 0 Å². The Bertz CT molecular complexity index is 361. The van der Waals surface area contributed by atoms with Crippen molar-refractivity contribution in [1.82, 2.24) is 9.97 Å². The molecule has 1 aromatic rings. The van der Waals surface area contributed by atoms with Crippen LogP contribution in [0.15, 0.2) is 6.07 Å². The molecule has 82 valence electrons. The number of ketones is 1. The minimum absolute atomic E-state index is 0.123. The SMILES string of the molecule is CCC(=O)Cc1nc(C)cc(C(C)N)n1. The molecule has 1 rings (SSSR count). The van der Waals surface area contributed by atoms with E-state index in [0.29, 0.717) is 18.7 Å². The maximum atomic E-state index is 11.3. The van der Waals surface area contributed by atoms with Gasteiger partial charge in [-0.15, -0.1) is 0 Å². The largest absolute Gasteiger partial charge is 0.323 e. The minimum atomic E-state index is -0.123. The molecule has 0 aromatic carbocycles. The average molecular weight is 207 g/mol. The van der Waals surface area contributed by atoms with Gasteiger partial charge in [0.05, 0.1) is 12.1 Å². The monoisotopic (exact) mass is 207 g/mol. The summed E-state index contributed by atoms with van der Waals surface area (Å²) in [6, 6.07) is 1.73. The third-order valence-electron chi connectivity index (χ3n) is 2.14. The summed E-state index contributed by atoms with van der Waals surface area (Å²) >= 11 is 0. The summed E-state index contributed by atoms with van der Waals surface area (Å²) in [5.74, 6) is 0.727. The molecular formula is C11H17N3O. The predicted molar refractivity (Wildman–Crippen MR) is 58.4 cm³/mol. The molecule has 0 bridgehead atoms. The highest BCUT2D eigenvalue weighted by atomic mass is 16.1. The number of nitrogens with zero attached hydrogens (tertiary/aromatic N) is 2. The van der Waals surface area contributed by atoms with Gasteiger partial charge in [0.2, 0.25) is 0 Å². The lowest BCUT2D eigenvalue weighted by molar-refractivity contribution is -0.118. The van der Waals surface area contributed by atoms with Crippen molar-refractivity contribution in [1.29, 1.82) is 0 Å². The van der Waals surface area contributed by atoms with Crippen molar-refractivity contribution in [3.05, 3.63) is 23.3 Å². The second-order valence-electron chi connectivity index (χ2n) is 3.71. The van der Waals surface area contributed by atoms with Crippen molar-refractivity contribution >= 4 is 5.78 Å². The summed E-state index contributed by atoms with van der Waals surface area (Å²) in [5.41, 5.74) is 7.39. The molecule has 15 heavy (non-hydrogen) atoms. The molecule has 1 heterocycles. The number of aryl methyl sites for hydroxylation is 1. The number of rotatable bonds is 4. The fourth-order valence-electron chi connectivity index (χ4n) is 1.27. The summed E-state index contributed by atoms with van der Waals surface area (Å²) in [6.45, 7) is 5.59. The van der Waals surface area contributed by atoms with E-state index in [0.717, 1.165) is 11.4 Å². The van der Waals surface area contributed by atoms with Crippen LogP contribution in [0.4, 0.5) is 0 Å². The number of hydrogen-bond acceptors (Lipinski definition) is 4. The molecule has 2 N–H and O–H groups in total. The Morgan fingerprint density at radius 1 is 1.53 bits per heavy atom. The molecule has 0 aliphatic carbocycles. The number of aromatic nitrogens is 2. The van der Waals surface area contributed by atoms with Crippen LogP contribution in [-0.2, 0) is 11.2 Å². The maximum Gasteiger partial charge on any atom is 0.140 e. The Hall–Kier alpha value is -1.29. The van der Waals surface area contributed by atoms with Crippen LogP contribution in [-0.4, -0.2) is 15.8 Å². The number of carbonyl (C=O) groups is 1. The molecular weight excluding hydrogens is 190 g/mol. The quantitative estimate of drug-likeness (QED) is 0.808. The topological polar surface area (TPSA) is 68.9 Å². The highest BCUT2D eigenvalue weighted by Gasteiger charge is 2.08. The molecule has 0 saturated heterocycles. The molecule has 1 atom stereocenters. The van der Waals surface area contributed by atoms with E-state index >= 15 is 0 Å². The van der Waals surface area contributed by atoms with Crippen LogP contribution in [0.3, 0.4) is 0 Å². The van der Waals surface area contributed by atoms with E-state index in [1.54, 1.807) is 0 Å². The molecule has 0 radical (unpaired) electrons. The van der Waals surface area contributed by atoms with Crippen molar-refractivity contribution in [2.75, 3.05) is 0 Å². The molecule has 4 heteroatoms. The average Bonchev–Trinajstić information content (AvgIpc) is 2.16. The smallest absolute Gasteiger partial charge is 0.140 e. The Morgan fingerprint density at radius 2 is 2.20 bits per heavy atom. The molecule has 1 unspecified atom stereocenters. The van der Waals surface area contributed by atoms with Crippen LogP contribution < -0.4 is 5.73 Å². The molecule has 1 aromatic heterocycles. The van der Waals surface area contributed by atoms with Gasteiger partial charge in [0.15, 0.2) is 0 Å². The Kier molecular flexibility index (Phi) is 3.91. The Balaban J connectivity index is 2.93. The zero-order valence-corrected chi connectivity index (χ0v) is 9.45. The lowest BCUT2D eigenvalue weighted by Gasteiger charge is -2.07. The number of carbonyl (C=O) groups excluding carboxylic acids is 1. The van der Waals surface area contributed by atoms with Gasteiger partial charge in [-0.2, -0.15) is 0 Å².